The first-order chi connectivity index (χ1) is 11.7. The van der Waals surface area contributed by atoms with E-state index in [1.165, 1.54) is 77.7 Å². The van der Waals surface area contributed by atoms with Gasteiger partial charge in [0.1, 0.15) is 0 Å². The molecule has 4 nitrogen and oxygen atoms in total. The normalized spacial score (nSPS) is 10.7. The van der Waals surface area contributed by atoms with Crippen molar-refractivity contribution in [3.05, 3.63) is 0 Å². The van der Waals surface area contributed by atoms with Crippen LogP contribution in [0.1, 0.15) is 109 Å². The molecule has 4 heteroatoms. The standard InChI is InChI=1S/C20H39NO3/c1-24-20(23)18-16-14-12-10-8-6-4-2-3-5-7-9-11-13-15-17-19(21)22/h2-18H2,1H3,(H2,21,22). The Balaban J connectivity index is 3.03. The molecule has 0 atom stereocenters. The predicted molar refractivity (Wildman–Crippen MR) is 99.7 cm³/mol. The molecule has 0 rings (SSSR count). The van der Waals surface area contributed by atoms with Crippen LogP contribution in [0.15, 0.2) is 0 Å². The summed E-state index contributed by atoms with van der Waals surface area (Å²) in [6, 6.07) is 0. The number of amides is 1. The Hall–Kier alpha value is -1.06. The van der Waals surface area contributed by atoms with Gasteiger partial charge in [0, 0.05) is 12.8 Å². The third-order valence-corrected chi connectivity index (χ3v) is 4.53. The number of primary amides is 1. The highest BCUT2D eigenvalue weighted by atomic mass is 16.5. The second kappa shape index (κ2) is 18.3. The van der Waals surface area contributed by atoms with Crippen molar-refractivity contribution in [1.82, 2.24) is 0 Å². The Kier molecular flexibility index (Phi) is 17.5. The number of methoxy groups -OCH3 is 1. The fraction of sp³-hybridized carbons (Fsp3) is 0.900. The van der Waals surface area contributed by atoms with E-state index in [1.807, 2.05) is 0 Å². The summed E-state index contributed by atoms with van der Waals surface area (Å²) in [6.07, 6.45) is 19.9. The minimum Gasteiger partial charge on any atom is -0.469 e. The quantitative estimate of drug-likeness (QED) is 0.272. The van der Waals surface area contributed by atoms with Gasteiger partial charge in [-0.2, -0.15) is 0 Å². The Morgan fingerprint density at radius 1 is 0.583 bits per heavy atom. The number of hydrogen-bond acceptors (Lipinski definition) is 3. The molecule has 0 aromatic carbocycles. The predicted octanol–water partition coefficient (Wildman–Crippen LogP) is 5.28. The van der Waals surface area contributed by atoms with Crippen molar-refractivity contribution in [2.75, 3.05) is 7.11 Å². The molecule has 142 valence electrons. The van der Waals surface area contributed by atoms with E-state index in [0.717, 1.165) is 25.7 Å². The van der Waals surface area contributed by atoms with Crippen LogP contribution >= 0.6 is 0 Å². The lowest BCUT2D eigenvalue weighted by Crippen LogP contribution is -2.09. The van der Waals surface area contributed by atoms with Gasteiger partial charge < -0.3 is 10.5 Å². The molecule has 0 saturated carbocycles. The van der Waals surface area contributed by atoms with Gasteiger partial charge in [0.05, 0.1) is 7.11 Å². The number of carbonyl (C=O) groups excluding carboxylic acids is 2. The molecule has 1 amide bonds. The molecular formula is C20H39NO3. The van der Waals surface area contributed by atoms with Crippen LogP contribution in [-0.4, -0.2) is 19.0 Å². The average molecular weight is 342 g/mol. The minimum atomic E-state index is -0.170. The first-order valence-electron chi connectivity index (χ1n) is 10.0. The fourth-order valence-corrected chi connectivity index (χ4v) is 2.97. The van der Waals surface area contributed by atoms with E-state index in [2.05, 4.69) is 4.74 Å². The summed E-state index contributed by atoms with van der Waals surface area (Å²) >= 11 is 0. The molecule has 2 N–H and O–H groups in total. The minimum absolute atomic E-state index is 0.0827. The summed E-state index contributed by atoms with van der Waals surface area (Å²) < 4.78 is 4.63. The van der Waals surface area contributed by atoms with Gasteiger partial charge in [0.2, 0.25) is 5.91 Å². The van der Waals surface area contributed by atoms with Gasteiger partial charge >= 0.3 is 5.97 Å². The molecular weight excluding hydrogens is 302 g/mol. The highest BCUT2D eigenvalue weighted by Crippen LogP contribution is 2.14. The lowest BCUT2D eigenvalue weighted by atomic mass is 10.0. The van der Waals surface area contributed by atoms with Crippen molar-refractivity contribution >= 4 is 11.9 Å². The van der Waals surface area contributed by atoms with E-state index in [9.17, 15) is 9.59 Å². The van der Waals surface area contributed by atoms with Gasteiger partial charge in [-0.1, -0.05) is 83.5 Å². The smallest absolute Gasteiger partial charge is 0.305 e. The number of rotatable bonds is 18. The summed E-state index contributed by atoms with van der Waals surface area (Å²) in [5.41, 5.74) is 5.11. The van der Waals surface area contributed by atoms with Gasteiger partial charge in [0.25, 0.3) is 0 Å². The maximum atomic E-state index is 10.9. The van der Waals surface area contributed by atoms with Gasteiger partial charge in [-0.25, -0.2) is 0 Å². The van der Waals surface area contributed by atoms with Gasteiger partial charge in [-0.3, -0.25) is 9.59 Å². The largest absolute Gasteiger partial charge is 0.469 e. The SMILES string of the molecule is COC(=O)CCCCCCCCCCCCCCCCCC(N)=O. The van der Waals surface area contributed by atoms with E-state index >= 15 is 0 Å². The lowest BCUT2D eigenvalue weighted by molar-refractivity contribution is -0.140. The topological polar surface area (TPSA) is 69.4 Å². The lowest BCUT2D eigenvalue weighted by Gasteiger charge is -2.03. The van der Waals surface area contributed by atoms with Gasteiger partial charge in [-0.05, 0) is 12.8 Å². The van der Waals surface area contributed by atoms with Crippen molar-refractivity contribution in [2.24, 2.45) is 5.73 Å². The van der Waals surface area contributed by atoms with Crippen LogP contribution in [0.3, 0.4) is 0 Å². The fourth-order valence-electron chi connectivity index (χ4n) is 2.97. The second-order valence-corrected chi connectivity index (χ2v) is 6.85. The molecule has 0 unspecified atom stereocenters. The van der Waals surface area contributed by atoms with E-state index in [4.69, 9.17) is 5.73 Å². The summed E-state index contributed by atoms with van der Waals surface area (Å²) in [6.45, 7) is 0. The second-order valence-electron chi connectivity index (χ2n) is 6.85. The number of hydrogen-bond donors (Lipinski definition) is 1. The monoisotopic (exact) mass is 341 g/mol. The highest BCUT2D eigenvalue weighted by Gasteiger charge is 1.99. The van der Waals surface area contributed by atoms with Crippen LogP contribution in [0.2, 0.25) is 0 Å². The first-order valence-corrected chi connectivity index (χ1v) is 10.0. The molecule has 0 fully saturated rings. The third-order valence-electron chi connectivity index (χ3n) is 4.53. The summed E-state index contributed by atoms with van der Waals surface area (Å²) in [5, 5.41) is 0. The Bertz CT molecular complexity index is 305. The number of ether oxygens (including phenoxy) is 1. The van der Waals surface area contributed by atoms with Crippen molar-refractivity contribution in [3.63, 3.8) is 0 Å². The molecule has 0 saturated heterocycles. The first kappa shape index (κ1) is 22.9. The molecule has 0 heterocycles. The summed E-state index contributed by atoms with van der Waals surface area (Å²) in [4.78, 5) is 21.5. The van der Waals surface area contributed by atoms with Crippen LogP contribution in [0.25, 0.3) is 0 Å². The summed E-state index contributed by atoms with van der Waals surface area (Å²) in [7, 11) is 1.45. The molecule has 0 aliphatic carbocycles. The van der Waals surface area contributed by atoms with Crippen molar-refractivity contribution < 1.29 is 14.3 Å². The summed E-state index contributed by atoms with van der Waals surface area (Å²) in [5.74, 6) is -0.253. The molecule has 0 bridgehead atoms. The van der Waals surface area contributed by atoms with Gasteiger partial charge in [0.15, 0.2) is 0 Å². The van der Waals surface area contributed by atoms with Crippen LogP contribution in [0.4, 0.5) is 0 Å². The Labute approximate surface area is 148 Å². The van der Waals surface area contributed by atoms with Crippen molar-refractivity contribution in [3.8, 4) is 0 Å². The number of carbonyl (C=O) groups is 2. The maximum Gasteiger partial charge on any atom is 0.305 e. The average Bonchev–Trinajstić information content (AvgIpc) is 2.57. The zero-order valence-electron chi connectivity index (χ0n) is 15.8. The van der Waals surface area contributed by atoms with E-state index in [0.29, 0.717) is 12.8 Å². The molecule has 0 radical (unpaired) electrons. The molecule has 0 aliphatic rings. The molecule has 0 aromatic heterocycles. The van der Waals surface area contributed by atoms with E-state index in [-0.39, 0.29) is 11.9 Å². The van der Waals surface area contributed by atoms with E-state index in [1.54, 1.807) is 0 Å². The number of unbranched alkanes of at least 4 members (excludes halogenated alkanes) is 14. The Morgan fingerprint density at radius 2 is 0.875 bits per heavy atom. The molecule has 0 aromatic rings. The van der Waals surface area contributed by atoms with Crippen LogP contribution in [0.5, 0.6) is 0 Å². The van der Waals surface area contributed by atoms with Crippen LogP contribution < -0.4 is 5.73 Å². The molecule has 0 spiro atoms. The van der Waals surface area contributed by atoms with Gasteiger partial charge in [-0.15, -0.1) is 0 Å². The maximum absolute atomic E-state index is 10.9. The number of nitrogens with two attached hydrogens (primary N) is 1. The third kappa shape index (κ3) is 19.0. The zero-order chi connectivity index (χ0) is 17.9. The zero-order valence-corrected chi connectivity index (χ0v) is 15.8. The molecule has 0 aliphatic heterocycles. The highest BCUT2D eigenvalue weighted by molar-refractivity contribution is 5.73. The van der Waals surface area contributed by atoms with Crippen LogP contribution in [0, 0.1) is 0 Å². The van der Waals surface area contributed by atoms with Crippen molar-refractivity contribution in [1.29, 1.82) is 0 Å². The number of esters is 1. The molecule has 24 heavy (non-hydrogen) atoms. The van der Waals surface area contributed by atoms with Crippen LogP contribution in [-0.2, 0) is 14.3 Å². The van der Waals surface area contributed by atoms with E-state index < -0.39 is 0 Å². The van der Waals surface area contributed by atoms with Crippen molar-refractivity contribution in [2.45, 2.75) is 109 Å². The Morgan fingerprint density at radius 3 is 1.17 bits per heavy atom.